The lowest BCUT2D eigenvalue weighted by molar-refractivity contribution is 0.102. The minimum absolute atomic E-state index is 0.291. The molecule has 0 unspecified atom stereocenters. The lowest BCUT2D eigenvalue weighted by Gasteiger charge is -2.08. The monoisotopic (exact) mass is 307 g/mol. The van der Waals surface area contributed by atoms with Gasteiger partial charge in [-0.15, -0.1) is 0 Å². The van der Waals surface area contributed by atoms with E-state index in [1.807, 2.05) is 31.2 Å². The summed E-state index contributed by atoms with van der Waals surface area (Å²) in [4.78, 5) is 20.6. The fourth-order valence-corrected chi connectivity index (χ4v) is 2.18. The molecule has 0 bridgehead atoms. The first kappa shape index (κ1) is 14.8. The number of anilines is 1. The Morgan fingerprint density at radius 2 is 1.87 bits per heavy atom. The fraction of sp³-hybridized carbons (Fsp3) is 0.0556. The van der Waals surface area contributed by atoms with E-state index in [0.29, 0.717) is 17.1 Å². The molecule has 4 nitrogen and oxygen atoms in total. The van der Waals surface area contributed by atoms with Crippen molar-refractivity contribution in [3.05, 3.63) is 78.0 Å². The zero-order valence-electron chi connectivity index (χ0n) is 12.5. The minimum Gasteiger partial charge on any atom is -0.322 e. The predicted octanol–water partition coefficient (Wildman–Crippen LogP) is 3.84. The van der Waals surface area contributed by atoms with Gasteiger partial charge in [0.1, 0.15) is 11.6 Å². The molecule has 0 spiro atoms. The highest BCUT2D eigenvalue weighted by atomic mass is 19.1. The topological polar surface area (TPSA) is 54.9 Å². The maximum absolute atomic E-state index is 12.9. The maximum Gasteiger partial charge on any atom is 0.255 e. The van der Waals surface area contributed by atoms with Gasteiger partial charge in [-0.05, 0) is 49.4 Å². The number of aromatic nitrogens is 2. The first-order valence-corrected chi connectivity index (χ1v) is 7.09. The SMILES string of the molecule is Cc1nccc(-c2cccc(NC(=O)c3ccc(F)cc3)c2)n1. The number of rotatable bonds is 3. The average Bonchev–Trinajstić information content (AvgIpc) is 2.56. The zero-order valence-corrected chi connectivity index (χ0v) is 12.5. The Kier molecular flexibility index (Phi) is 4.10. The highest BCUT2D eigenvalue weighted by Gasteiger charge is 2.07. The third-order valence-corrected chi connectivity index (χ3v) is 3.30. The molecule has 3 aromatic rings. The number of nitrogens with one attached hydrogen (secondary N) is 1. The summed E-state index contributed by atoms with van der Waals surface area (Å²) < 4.78 is 12.9. The Balaban J connectivity index is 1.82. The molecule has 1 heterocycles. The molecular formula is C18H14FN3O. The maximum atomic E-state index is 12.9. The normalized spacial score (nSPS) is 10.3. The molecule has 0 aliphatic carbocycles. The Hall–Kier alpha value is -3.08. The van der Waals surface area contributed by atoms with Crippen LogP contribution >= 0.6 is 0 Å². The number of aryl methyl sites for hydroxylation is 1. The van der Waals surface area contributed by atoms with Gasteiger partial charge in [-0.2, -0.15) is 0 Å². The van der Waals surface area contributed by atoms with Gasteiger partial charge in [-0.3, -0.25) is 4.79 Å². The Morgan fingerprint density at radius 3 is 2.61 bits per heavy atom. The van der Waals surface area contributed by atoms with Crippen LogP contribution in [-0.4, -0.2) is 15.9 Å². The standard InChI is InChI=1S/C18H14FN3O/c1-12-20-10-9-17(21-12)14-3-2-4-16(11-14)22-18(23)13-5-7-15(19)8-6-13/h2-11H,1H3,(H,22,23). The van der Waals surface area contributed by atoms with Crippen molar-refractivity contribution in [2.24, 2.45) is 0 Å². The van der Waals surface area contributed by atoms with E-state index in [1.165, 1.54) is 24.3 Å². The highest BCUT2D eigenvalue weighted by molar-refractivity contribution is 6.04. The number of amides is 1. The van der Waals surface area contributed by atoms with Gasteiger partial charge in [0.15, 0.2) is 0 Å². The molecule has 1 amide bonds. The van der Waals surface area contributed by atoms with Crippen LogP contribution in [0.25, 0.3) is 11.3 Å². The summed E-state index contributed by atoms with van der Waals surface area (Å²) in [7, 11) is 0. The van der Waals surface area contributed by atoms with Crippen LogP contribution in [0.4, 0.5) is 10.1 Å². The van der Waals surface area contributed by atoms with Gasteiger partial charge >= 0.3 is 0 Å². The summed E-state index contributed by atoms with van der Waals surface area (Å²) >= 11 is 0. The van der Waals surface area contributed by atoms with E-state index in [2.05, 4.69) is 15.3 Å². The molecule has 0 saturated carbocycles. The van der Waals surface area contributed by atoms with Crippen LogP contribution in [0.15, 0.2) is 60.8 Å². The quantitative estimate of drug-likeness (QED) is 0.799. The molecule has 23 heavy (non-hydrogen) atoms. The second-order valence-corrected chi connectivity index (χ2v) is 5.03. The zero-order chi connectivity index (χ0) is 16.2. The number of carbonyl (C=O) groups is 1. The summed E-state index contributed by atoms with van der Waals surface area (Å²) in [5.74, 6) is 0.0203. The molecular weight excluding hydrogens is 293 g/mol. The summed E-state index contributed by atoms with van der Waals surface area (Å²) in [6.45, 7) is 1.82. The number of hydrogen-bond acceptors (Lipinski definition) is 3. The molecule has 0 fully saturated rings. The lowest BCUT2D eigenvalue weighted by atomic mass is 10.1. The molecule has 0 aliphatic rings. The Morgan fingerprint density at radius 1 is 1.09 bits per heavy atom. The summed E-state index contributed by atoms with van der Waals surface area (Å²) in [5.41, 5.74) is 2.71. The van der Waals surface area contributed by atoms with E-state index in [-0.39, 0.29) is 11.7 Å². The lowest BCUT2D eigenvalue weighted by Crippen LogP contribution is -2.11. The molecule has 1 aromatic heterocycles. The van der Waals surface area contributed by atoms with Gasteiger partial charge in [0.25, 0.3) is 5.91 Å². The molecule has 0 atom stereocenters. The summed E-state index contributed by atoms with van der Waals surface area (Å²) in [6, 6.07) is 14.6. The van der Waals surface area contributed by atoms with Crippen LogP contribution in [-0.2, 0) is 0 Å². The second kappa shape index (κ2) is 6.36. The van der Waals surface area contributed by atoms with Gasteiger partial charge in [0, 0.05) is 23.0 Å². The van der Waals surface area contributed by atoms with E-state index in [1.54, 1.807) is 12.3 Å². The summed E-state index contributed by atoms with van der Waals surface area (Å²) in [6.07, 6.45) is 1.70. The van der Waals surface area contributed by atoms with Crippen molar-refractivity contribution in [2.45, 2.75) is 6.92 Å². The molecule has 1 N–H and O–H groups in total. The van der Waals surface area contributed by atoms with Gasteiger partial charge in [-0.25, -0.2) is 14.4 Å². The molecule has 0 aliphatic heterocycles. The average molecular weight is 307 g/mol. The number of carbonyl (C=O) groups excluding carboxylic acids is 1. The smallest absolute Gasteiger partial charge is 0.255 e. The van der Waals surface area contributed by atoms with E-state index in [0.717, 1.165) is 11.3 Å². The number of nitrogens with zero attached hydrogens (tertiary/aromatic N) is 2. The highest BCUT2D eigenvalue weighted by Crippen LogP contribution is 2.21. The van der Waals surface area contributed by atoms with E-state index < -0.39 is 0 Å². The van der Waals surface area contributed by atoms with Crippen molar-refractivity contribution in [2.75, 3.05) is 5.32 Å². The van der Waals surface area contributed by atoms with Gasteiger partial charge in [-0.1, -0.05) is 12.1 Å². The molecule has 5 heteroatoms. The third-order valence-electron chi connectivity index (χ3n) is 3.30. The van der Waals surface area contributed by atoms with Crippen molar-refractivity contribution >= 4 is 11.6 Å². The Bertz CT molecular complexity index is 847. The number of benzene rings is 2. The van der Waals surface area contributed by atoms with Crippen molar-refractivity contribution in [3.8, 4) is 11.3 Å². The van der Waals surface area contributed by atoms with Gasteiger partial charge in [0.2, 0.25) is 0 Å². The van der Waals surface area contributed by atoms with Crippen LogP contribution in [0.3, 0.4) is 0 Å². The Labute approximate surface area is 133 Å². The van der Waals surface area contributed by atoms with Crippen molar-refractivity contribution < 1.29 is 9.18 Å². The van der Waals surface area contributed by atoms with Gasteiger partial charge < -0.3 is 5.32 Å². The van der Waals surface area contributed by atoms with Crippen LogP contribution in [0.5, 0.6) is 0 Å². The van der Waals surface area contributed by atoms with Crippen LogP contribution in [0, 0.1) is 12.7 Å². The van der Waals surface area contributed by atoms with Crippen LogP contribution in [0.1, 0.15) is 16.2 Å². The third kappa shape index (κ3) is 3.58. The fourth-order valence-electron chi connectivity index (χ4n) is 2.18. The van der Waals surface area contributed by atoms with Crippen molar-refractivity contribution in [1.29, 1.82) is 0 Å². The second-order valence-electron chi connectivity index (χ2n) is 5.03. The molecule has 3 rings (SSSR count). The van der Waals surface area contributed by atoms with E-state index in [9.17, 15) is 9.18 Å². The predicted molar refractivity (Wildman–Crippen MR) is 86.6 cm³/mol. The first-order chi connectivity index (χ1) is 11.1. The number of hydrogen-bond donors (Lipinski definition) is 1. The largest absolute Gasteiger partial charge is 0.322 e. The van der Waals surface area contributed by atoms with E-state index in [4.69, 9.17) is 0 Å². The van der Waals surface area contributed by atoms with Crippen molar-refractivity contribution in [1.82, 2.24) is 9.97 Å². The van der Waals surface area contributed by atoms with Crippen LogP contribution < -0.4 is 5.32 Å². The van der Waals surface area contributed by atoms with Gasteiger partial charge in [0.05, 0.1) is 5.69 Å². The van der Waals surface area contributed by atoms with Crippen LogP contribution in [0.2, 0.25) is 0 Å². The first-order valence-electron chi connectivity index (χ1n) is 7.09. The summed E-state index contributed by atoms with van der Waals surface area (Å²) in [5, 5.41) is 2.80. The number of halogens is 1. The minimum atomic E-state index is -0.373. The van der Waals surface area contributed by atoms with Crippen molar-refractivity contribution in [3.63, 3.8) is 0 Å². The molecule has 0 saturated heterocycles. The van der Waals surface area contributed by atoms with E-state index >= 15 is 0 Å². The molecule has 2 aromatic carbocycles. The molecule has 114 valence electrons. The molecule has 0 radical (unpaired) electrons.